The Morgan fingerprint density at radius 1 is 1.15 bits per heavy atom. The fourth-order valence-electron chi connectivity index (χ4n) is 4.59. The third-order valence-electron chi connectivity index (χ3n) is 6.05. The van der Waals surface area contributed by atoms with E-state index in [0.29, 0.717) is 27.7 Å². The number of hydrogen-bond acceptors (Lipinski definition) is 6. The number of halogens is 2. The van der Waals surface area contributed by atoms with Crippen molar-refractivity contribution in [3.63, 3.8) is 0 Å². The smallest absolute Gasteiger partial charge is 0.297 e. The van der Waals surface area contributed by atoms with Gasteiger partial charge in [0.25, 0.3) is 10.2 Å². The van der Waals surface area contributed by atoms with E-state index in [1.54, 1.807) is 37.4 Å². The van der Waals surface area contributed by atoms with Gasteiger partial charge in [-0.15, -0.1) is 0 Å². The second-order valence-corrected chi connectivity index (χ2v) is 11.4. The topological polar surface area (TPSA) is 166 Å². The van der Waals surface area contributed by atoms with Gasteiger partial charge in [-0.05, 0) is 62.1 Å². The number of nitrogens with two attached hydrogens (primary N) is 2. The number of aryl methyl sites for hydroxylation is 1. The molecule has 0 saturated heterocycles. The van der Waals surface area contributed by atoms with Gasteiger partial charge in [-0.3, -0.25) is 14.2 Å². The molecule has 0 saturated carbocycles. The van der Waals surface area contributed by atoms with E-state index in [1.165, 1.54) is 30.7 Å². The highest BCUT2D eigenvalue weighted by atomic mass is 32.2. The van der Waals surface area contributed by atoms with Gasteiger partial charge in [0.15, 0.2) is 5.82 Å². The molecular formula is C28H28F2N6O4S. The number of aliphatic hydroxyl groups is 1. The summed E-state index contributed by atoms with van der Waals surface area (Å²) < 4.78 is 55.2. The predicted molar refractivity (Wildman–Crippen MR) is 150 cm³/mol. The quantitative estimate of drug-likeness (QED) is 0.233. The Hall–Kier alpha value is -4.38. The third kappa shape index (κ3) is 7.43. The Balaban J connectivity index is 1.97. The summed E-state index contributed by atoms with van der Waals surface area (Å²) >= 11 is 0. The molecule has 1 amide bonds. The third-order valence-corrected chi connectivity index (χ3v) is 6.53. The summed E-state index contributed by atoms with van der Waals surface area (Å²) in [4.78, 5) is 16.9. The number of para-hydroxylation sites is 1. The van der Waals surface area contributed by atoms with E-state index >= 15 is 0 Å². The molecule has 6 N–H and O–H groups in total. The van der Waals surface area contributed by atoms with E-state index in [2.05, 4.69) is 21.7 Å². The highest BCUT2D eigenvalue weighted by Crippen LogP contribution is 2.38. The molecular weight excluding hydrogens is 554 g/mol. The maximum absolute atomic E-state index is 14.0. The van der Waals surface area contributed by atoms with E-state index in [9.17, 15) is 27.1 Å². The van der Waals surface area contributed by atoms with Gasteiger partial charge in [0.05, 0.1) is 11.2 Å². The van der Waals surface area contributed by atoms with Crippen LogP contribution in [0.3, 0.4) is 0 Å². The number of amides is 1. The van der Waals surface area contributed by atoms with Crippen LogP contribution in [0.15, 0.2) is 48.5 Å². The van der Waals surface area contributed by atoms with Crippen molar-refractivity contribution in [2.75, 3.05) is 4.72 Å². The molecule has 0 fully saturated rings. The molecule has 2 heterocycles. The van der Waals surface area contributed by atoms with Gasteiger partial charge in [-0.1, -0.05) is 18.1 Å². The molecule has 4 rings (SSSR count). The number of nitrogens with one attached hydrogen (secondary N) is 1. The first-order valence-corrected chi connectivity index (χ1v) is 13.9. The molecule has 2 aromatic carbocycles. The molecule has 2 aromatic heterocycles. The Kier molecular flexibility index (Phi) is 8.12. The minimum atomic E-state index is -4.12. The second-order valence-electron chi connectivity index (χ2n) is 10.1. The standard InChI is InChI=1S/C28H28F2N6O4S/c1-28(2,38)10-9-20-7-8-21(22-5-4-6-23-26(22)36(3)34-27(23)35-41(32,39)40)25(33-20)17(14-24(31)37)11-16-12-18(29)15-19(30)13-16/h4-8,12-13,15,17,38H,11,14H2,1-3H3,(H2,31,37)(H,34,35)(H2,32,39,40)/t17-/m0/s1. The summed E-state index contributed by atoms with van der Waals surface area (Å²) in [5.74, 6) is 2.58. The number of carbonyl (C=O) groups is 1. The van der Waals surface area contributed by atoms with E-state index < -0.39 is 39.3 Å². The Morgan fingerprint density at radius 3 is 2.44 bits per heavy atom. The average Bonchev–Trinajstić information content (AvgIpc) is 3.14. The lowest BCUT2D eigenvalue weighted by molar-refractivity contribution is -0.118. The normalized spacial score (nSPS) is 12.6. The molecule has 0 aliphatic carbocycles. The first-order valence-electron chi connectivity index (χ1n) is 12.4. The van der Waals surface area contributed by atoms with E-state index in [1.807, 2.05) is 0 Å². The van der Waals surface area contributed by atoms with Crippen LogP contribution < -0.4 is 15.6 Å². The number of nitrogens with zero attached hydrogens (tertiary/aromatic N) is 3. The van der Waals surface area contributed by atoms with Crippen molar-refractivity contribution < 1.29 is 27.1 Å². The predicted octanol–water partition coefficient (Wildman–Crippen LogP) is 2.85. The minimum absolute atomic E-state index is 0.0120. The van der Waals surface area contributed by atoms with Gasteiger partial charge >= 0.3 is 0 Å². The number of carbonyl (C=O) groups excluding carboxylic acids is 1. The SMILES string of the molecule is Cn1nc(NS(N)(=O)=O)c2cccc(-c3ccc(C#CC(C)(C)O)nc3[C@H](CC(N)=O)Cc3cc(F)cc(F)c3)c21. The van der Waals surface area contributed by atoms with Crippen LogP contribution in [0.25, 0.3) is 22.0 Å². The van der Waals surface area contributed by atoms with E-state index in [4.69, 9.17) is 15.9 Å². The highest BCUT2D eigenvalue weighted by Gasteiger charge is 2.25. The maximum Gasteiger partial charge on any atom is 0.297 e. The summed E-state index contributed by atoms with van der Waals surface area (Å²) in [7, 11) is -2.50. The van der Waals surface area contributed by atoms with Crippen LogP contribution in [0.5, 0.6) is 0 Å². The van der Waals surface area contributed by atoms with Crippen molar-refractivity contribution in [3.8, 4) is 23.0 Å². The zero-order valence-corrected chi connectivity index (χ0v) is 23.3. The first-order chi connectivity index (χ1) is 19.1. The molecule has 0 aliphatic heterocycles. The molecule has 13 heteroatoms. The largest absolute Gasteiger partial charge is 0.378 e. The fraction of sp³-hybridized carbons (Fsp3) is 0.250. The number of hydrogen-bond donors (Lipinski definition) is 4. The molecule has 4 aromatic rings. The van der Waals surface area contributed by atoms with Crippen LogP contribution in [-0.4, -0.2) is 39.8 Å². The lowest BCUT2D eigenvalue weighted by Crippen LogP contribution is -2.22. The first kappa shape index (κ1) is 29.6. The van der Waals surface area contributed by atoms with Crippen LogP contribution in [-0.2, 0) is 28.5 Å². The van der Waals surface area contributed by atoms with Gasteiger partial charge in [-0.25, -0.2) is 18.9 Å². The average molecular weight is 583 g/mol. The van der Waals surface area contributed by atoms with Gasteiger partial charge in [0, 0.05) is 42.0 Å². The molecule has 0 unspecified atom stereocenters. The fourth-order valence-corrected chi connectivity index (χ4v) is 5.01. The van der Waals surface area contributed by atoms with Crippen molar-refractivity contribution in [3.05, 3.63) is 77.1 Å². The molecule has 0 radical (unpaired) electrons. The van der Waals surface area contributed by atoms with Gasteiger partial charge < -0.3 is 10.8 Å². The number of aromatic nitrogens is 3. The summed E-state index contributed by atoms with van der Waals surface area (Å²) in [6, 6.07) is 11.5. The maximum atomic E-state index is 14.0. The van der Waals surface area contributed by atoms with Crippen molar-refractivity contribution in [2.45, 2.75) is 38.2 Å². The van der Waals surface area contributed by atoms with Crippen molar-refractivity contribution >= 4 is 32.8 Å². The molecule has 0 bridgehead atoms. The van der Waals surface area contributed by atoms with Crippen LogP contribution in [0.2, 0.25) is 0 Å². The zero-order chi connectivity index (χ0) is 30.1. The minimum Gasteiger partial charge on any atom is -0.378 e. The van der Waals surface area contributed by atoms with Crippen LogP contribution >= 0.6 is 0 Å². The lowest BCUT2D eigenvalue weighted by Gasteiger charge is -2.20. The number of benzene rings is 2. The Bertz CT molecular complexity index is 1800. The van der Waals surface area contributed by atoms with Gasteiger partial charge in [-0.2, -0.15) is 13.5 Å². The van der Waals surface area contributed by atoms with Crippen molar-refractivity contribution in [1.82, 2.24) is 14.8 Å². The van der Waals surface area contributed by atoms with Gasteiger partial charge in [0.1, 0.15) is 22.9 Å². The Labute approximate surface area is 235 Å². The number of fused-ring (bicyclic) bond motifs is 1. The number of primary amides is 1. The highest BCUT2D eigenvalue weighted by molar-refractivity contribution is 7.90. The van der Waals surface area contributed by atoms with Crippen LogP contribution in [0.4, 0.5) is 14.6 Å². The molecule has 1 atom stereocenters. The molecule has 10 nitrogen and oxygen atoms in total. The summed E-state index contributed by atoms with van der Waals surface area (Å²) in [5.41, 5.74) is 6.82. The number of anilines is 1. The molecule has 0 spiro atoms. The summed E-state index contributed by atoms with van der Waals surface area (Å²) in [6.07, 6.45) is -0.195. The monoisotopic (exact) mass is 582 g/mol. The molecule has 214 valence electrons. The van der Waals surface area contributed by atoms with E-state index in [0.717, 1.165) is 6.07 Å². The second kappa shape index (κ2) is 11.2. The van der Waals surface area contributed by atoms with Gasteiger partial charge in [0.2, 0.25) is 5.91 Å². The number of rotatable bonds is 8. The summed E-state index contributed by atoms with van der Waals surface area (Å²) in [5, 5.41) is 20.0. The van der Waals surface area contributed by atoms with Crippen LogP contribution in [0.1, 0.15) is 43.1 Å². The Morgan fingerprint density at radius 2 is 1.83 bits per heavy atom. The van der Waals surface area contributed by atoms with E-state index in [-0.39, 0.29) is 29.9 Å². The van der Waals surface area contributed by atoms with Crippen molar-refractivity contribution in [2.24, 2.45) is 17.9 Å². The molecule has 41 heavy (non-hydrogen) atoms. The van der Waals surface area contributed by atoms with Crippen molar-refractivity contribution in [1.29, 1.82) is 0 Å². The zero-order valence-electron chi connectivity index (χ0n) is 22.4. The lowest BCUT2D eigenvalue weighted by atomic mass is 9.87. The number of pyridine rings is 1. The van der Waals surface area contributed by atoms with Crippen LogP contribution in [0, 0.1) is 23.5 Å². The summed E-state index contributed by atoms with van der Waals surface area (Å²) in [6.45, 7) is 3.03. The molecule has 0 aliphatic rings.